The summed E-state index contributed by atoms with van der Waals surface area (Å²) in [7, 11) is 0. The van der Waals surface area contributed by atoms with Crippen molar-refractivity contribution in [2.45, 2.75) is 33.4 Å². The maximum absolute atomic E-state index is 11.9. The van der Waals surface area contributed by atoms with E-state index in [1.54, 1.807) is 23.3 Å². The summed E-state index contributed by atoms with van der Waals surface area (Å²) in [6, 6.07) is -0.284. The fourth-order valence-corrected chi connectivity index (χ4v) is 1.71. The highest BCUT2D eigenvalue weighted by molar-refractivity contribution is 5.79. The average Bonchev–Trinajstić information content (AvgIpc) is 2.97. The van der Waals surface area contributed by atoms with Crippen LogP contribution in [0.4, 0.5) is 0 Å². The zero-order valence-corrected chi connectivity index (χ0v) is 10.7. The molecule has 18 heavy (non-hydrogen) atoms. The molecule has 6 heteroatoms. The van der Waals surface area contributed by atoms with Crippen LogP contribution < -0.4 is 5.32 Å². The molecule has 0 aliphatic heterocycles. The number of carbonyl (C=O) groups is 1. The Morgan fingerprint density at radius 2 is 2.33 bits per heavy atom. The smallest absolute Gasteiger partial charge is 0.243 e. The Kier molecular flexibility index (Phi) is 3.45. The van der Waals surface area contributed by atoms with Gasteiger partial charge in [0.1, 0.15) is 11.8 Å². The maximum Gasteiger partial charge on any atom is 0.243 e. The Labute approximate surface area is 105 Å². The molecule has 2 rings (SSSR count). The number of hydrogen-bond donors (Lipinski definition) is 1. The first kappa shape index (κ1) is 12.3. The zero-order chi connectivity index (χ0) is 13.1. The third-order valence-electron chi connectivity index (χ3n) is 2.97. The first-order valence-electron chi connectivity index (χ1n) is 5.76. The monoisotopic (exact) mass is 248 g/mol. The van der Waals surface area contributed by atoms with Crippen LogP contribution in [0.25, 0.3) is 0 Å². The lowest BCUT2D eigenvalue weighted by atomic mass is 10.2. The standard InChI is InChI=1S/C12H16N4O2/c1-8-11(10(3)18-15-8)6-14-12(17)9(2)16-5-4-13-7-16/h4-5,7,9H,6H2,1-3H3,(H,14,17)/t9-/m1/s1. The maximum atomic E-state index is 11.9. The molecule has 0 bridgehead atoms. The molecule has 0 aliphatic rings. The molecular formula is C12H16N4O2. The van der Waals surface area contributed by atoms with E-state index in [1.165, 1.54) is 0 Å². The van der Waals surface area contributed by atoms with E-state index in [-0.39, 0.29) is 11.9 Å². The van der Waals surface area contributed by atoms with Gasteiger partial charge in [-0.05, 0) is 20.8 Å². The van der Waals surface area contributed by atoms with Crippen molar-refractivity contribution in [3.8, 4) is 0 Å². The summed E-state index contributed by atoms with van der Waals surface area (Å²) in [6.45, 7) is 5.95. The van der Waals surface area contributed by atoms with Crippen molar-refractivity contribution in [3.63, 3.8) is 0 Å². The van der Waals surface area contributed by atoms with Crippen molar-refractivity contribution in [1.82, 2.24) is 20.0 Å². The van der Waals surface area contributed by atoms with Crippen molar-refractivity contribution in [1.29, 1.82) is 0 Å². The Bertz CT molecular complexity index is 511. The van der Waals surface area contributed by atoms with E-state index in [1.807, 2.05) is 20.8 Å². The summed E-state index contributed by atoms with van der Waals surface area (Å²) in [5.41, 5.74) is 1.74. The zero-order valence-electron chi connectivity index (χ0n) is 10.7. The number of aryl methyl sites for hydroxylation is 2. The Balaban J connectivity index is 1.97. The van der Waals surface area contributed by atoms with E-state index in [4.69, 9.17) is 4.52 Å². The first-order chi connectivity index (χ1) is 8.59. The lowest BCUT2D eigenvalue weighted by molar-refractivity contribution is -0.124. The Morgan fingerprint density at radius 3 is 2.89 bits per heavy atom. The van der Waals surface area contributed by atoms with Gasteiger partial charge in [-0.15, -0.1) is 0 Å². The van der Waals surface area contributed by atoms with Gasteiger partial charge in [-0.3, -0.25) is 4.79 Å². The van der Waals surface area contributed by atoms with E-state index < -0.39 is 0 Å². The second-order valence-electron chi connectivity index (χ2n) is 4.21. The van der Waals surface area contributed by atoms with Crippen LogP contribution in [0.3, 0.4) is 0 Å². The lowest BCUT2D eigenvalue weighted by Crippen LogP contribution is -2.30. The normalized spacial score (nSPS) is 12.4. The summed E-state index contributed by atoms with van der Waals surface area (Å²) >= 11 is 0. The molecule has 6 nitrogen and oxygen atoms in total. The predicted octanol–water partition coefficient (Wildman–Crippen LogP) is 1.37. The summed E-state index contributed by atoms with van der Waals surface area (Å²) in [4.78, 5) is 15.9. The average molecular weight is 248 g/mol. The van der Waals surface area contributed by atoms with Gasteiger partial charge in [0.2, 0.25) is 5.91 Å². The molecule has 0 aliphatic carbocycles. The van der Waals surface area contributed by atoms with Gasteiger partial charge in [0.15, 0.2) is 0 Å². The number of imidazole rings is 1. The first-order valence-corrected chi connectivity index (χ1v) is 5.76. The van der Waals surface area contributed by atoms with Crippen molar-refractivity contribution in [2.75, 3.05) is 0 Å². The highest BCUT2D eigenvalue weighted by Crippen LogP contribution is 2.12. The van der Waals surface area contributed by atoms with Gasteiger partial charge >= 0.3 is 0 Å². The number of nitrogens with zero attached hydrogens (tertiary/aromatic N) is 3. The second kappa shape index (κ2) is 5.03. The molecule has 0 radical (unpaired) electrons. The third kappa shape index (κ3) is 2.42. The van der Waals surface area contributed by atoms with Crippen LogP contribution in [0, 0.1) is 13.8 Å². The minimum Gasteiger partial charge on any atom is -0.361 e. The van der Waals surface area contributed by atoms with E-state index in [0.717, 1.165) is 17.0 Å². The van der Waals surface area contributed by atoms with Crippen molar-refractivity contribution >= 4 is 5.91 Å². The third-order valence-corrected chi connectivity index (χ3v) is 2.97. The molecule has 1 atom stereocenters. The van der Waals surface area contributed by atoms with Gasteiger partial charge < -0.3 is 14.4 Å². The van der Waals surface area contributed by atoms with Crippen LogP contribution in [0.15, 0.2) is 23.2 Å². The molecular weight excluding hydrogens is 232 g/mol. The van der Waals surface area contributed by atoms with Gasteiger partial charge in [-0.2, -0.15) is 0 Å². The van der Waals surface area contributed by atoms with Crippen LogP contribution in [-0.4, -0.2) is 20.6 Å². The van der Waals surface area contributed by atoms with Gasteiger partial charge in [-0.25, -0.2) is 4.98 Å². The predicted molar refractivity (Wildman–Crippen MR) is 64.8 cm³/mol. The quantitative estimate of drug-likeness (QED) is 0.886. The Morgan fingerprint density at radius 1 is 1.56 bits per heavy atom. The number of hydrogen-bond acceptors (Lipinski definition) is 4. The van der Waals surface area contributed by atoms with Gasteiger partial charge in [0.25, 0.3) is 0 Å². The highest BCUT2D eigenvalue weighted by Gasteiger charge is 2.15. The second-order valence-corrected chi connectivity index (χ2v) is 4.21. The minimum absolute atomic E-state index is 0.0620. The van der Waals surface area contributed by atoms with E-state index >= 15 is 0 Å². The van der Waals surface area contributed by atoms with E-state index in [9.17, 15) is 4.79 Å². The SMILES string of the molecule is Cc1noc(C)c1CNC(=O)[C@@H](C)n1ccnc1. The topological polar surface area (TPSA) is 73.0 Å². The summed E-state index contributed by atoms with van der Waals surface area (Å²) in [5, 5.41) is 6.71. The molecule has 0 spiro atoms. The molecule has 2 aromatic heterocycles. The number of nitrogens with one attached hydrogen (secondary N) is 1. The molecule has 0 saturated carbocycles. The fraction of sp³-hybridized carbons (Fsp3) is 0.417. The lowest BCUT2D eigenvalue weighted by Gasteiger charge is -2.13. The van der Waals surface area contributed by atoms with Gasteiger partial charge in [0, 0.05) is 24.5 Å². The molecule has 0 aromatic carbocycles. The van der Waals surface area contributed by atoms with Gasteiger partial charge in [0.05, 0.1) is 12.0 Å². The Hall–Kier alpha value is -2.11. The molecule has 0 unspecified atom stereocenters. The summed E-state index contributed by atoms with van der Waals surface area (Å²) in [6.07, 6.45) is 5.04. The number of rotatable bonds is 4. The molecule has 0 saturated heterocycles. The molecule has 96 valence electrons. The van der Waals surface area contributed by atoms with Crippen molar-refractivity contribution in [3.05, 3.63) is 35.7 Å². The van der Waals surface area contributed by atoms with Crippen LogP contribution in [-0.2, 0) is 11.3 Å². The van der Waals surface area contributed by atoms with E-state index in [0.29, 0.717) is 6.54 Å². The largest absolute Gasteiger partial charge is 0.361 e. The van der Waals surface area contributed by atoms with Crippen LogP contribution in [0.5, 0.6) is 0 Å². The molecule has 1 amide bonds. The van der Waals surface area contributed by atoms with E-state index in [2.05, 4.69) is 15.5 Å². The van der Waals surface area contributed by atoms with Crippen molar-refractivity contribution in [2.24, 2.45) is 0 Å². The highest BCUT2D eigenvalue weighted by atomic mass is 16.5. The van der Waals surface area contributed by atoms with Crippen molar-refractivity contribution < 1.29 is 9.32 Å². The fourth-order valence-electron chi connectivity index (χ4n) is 1.71. The molecule has 2 aromatic rings. The summed E-state index contributed by atoms with van der Waals surface area (Å²) in [5.74, 6) is 0.677. The minimum atomic E-state index is -0.284. The molecule has 1 N–H and O–H groups in total. The van der Waals surface area contributed by atoms with Gasteiger partial charge in [-0.1, -0.05) is 5.16 Å². The summed E-state index contributed by atoms with van der Waals surface area (Å²) < 4.78 is 6.80. The molecule has 2 heterocycles. The number of carbonyl (C=O) groups excluding carboxylic acids is 1. The van der Waals surface area contributed by atoms with Crippen LogP contribution in [0.1, 0.15) is 30.0 Å². The number of aromatic nitrogens is 3. The molecule has 0 fully saturated rings. The van der Waals surface area contributed by atoms with Crippen LogP contribution >= 0.6 is 0 Å². The number of amides is 1. The van der Waals surface area contributed by atoms with Crippen LogP contribution in [0.2, 0.25) is 0 Å².